The largest absolute Gasteiger partial charge is 0.482 e. The Labute approximate surface area is 157 Å². The fourth-order valence-corrected chi connectivity index (χ4v) is 2.39. The van der Waals surface area contributed by atoms with Crippen LogP contribution in [0.5, 0.6) is 5.75 Å². The molecule has 0 unspecified atom stereocenters. The van der Waals surface area contributed by atoms with Crippen LogP contribution in [0.25, 0.3) is 10.9 Å². The molecule has 3 aromatic rings. The van der Waals surface area contributed by atoms with Crippen molar-refractivity contribution in [2.24, 2.45) is 5.10 Å². The summed E-state index contributed by atoms with van der Waals surface area (Å²) in [4.78, 5) is 16.0. The van der Waals surface area contributed by atoms with Crippen molar-refractivity contribution in [1.29, 1.82) is 0 Å². The molecule has 0 spiro atoms. The van der Waals surface area contributed by atoms with Crippen molar-refractivity contribution < 1.29 is 14.3 Å². The van der Waals surface area contributed by atoms with Gasteiger partial charge in [-0.25, -0.2) is 9.78 Å². The van der Waals surface area contributed by atoms with Gasteiger partial charge in [0.1, 0.15) is 11.6 Å². The monoisotopic (exact) mass is 363 g/mol. The summed E-state index contributed by atoms with van der Waals surface area (Å²) >= 11 is 0. The third-order valence-electron chi connectivity index (χ3n) is 3.60. The number of benzene rings is 2. The van der Waals surface area contributed by atoms with E-state index < -0.39 is 0 Å². The number of aromatic nitrogens is 1. The second-order valence-corrected chi connectivity index (χ2v) is 6.16. The minimum atomic E-state index is -0.386. The predicted molar refractivity (Wildman–Crippen MR) is 106 cm³/mol. The lowest BCUT2D eigenvalue weighted by molar-refractivity contribution is -0.149. The smallest absolute Gasteiger partial charge is 0.344 e. The number of carbonyl (C=O) groups excluding carboxylic acids is 1. The summed E-state index contributed by atoms with van der Waals surface area (Å²) in [5.41, 5.74) is 4.73. The number of para-hydroxylation sites is 1. The van der Waals surface area contributed by atoms with Crippen molar-refractivity contribution in [2.45, 2.75) is 20.0 Å². The van der Waals surface area contributed by atoms with Crippen molar-refractivity contribution in [2.75, 3.05) is 12.0 Å². The average molecular weight is 363 g/mol. The van der Waals surface area contributed by atoms with E-state index in [4.69, 9.17) is 9.47 Å². The third kappa shape index (κ3) is 5.54. The number of hydrazone groups is 1. The van der Waals surface area contributed by atoms with Crippen LogP contribution in [0.4, 0.5) is 5.82 Å². The summed E-state index contributed by atoms with van der Waals surface area (Å²) in [5.74, 6) is 0.883. The standard InChI is InChI=1S/C21H21N3O3/c1-15(2)27-21(25)14-26-18-10-7-16(8-11-18)13-22-24-20-12-9-17-5-3-4-6-19(17)23-20/h3-13,15H,14H2,1-2H3,(H,23,24). The zero-order valence-electron chi connectivity index (χ0n) is 15.3. The first-order chi connectivity index (χ1) is 13.1. The van der Waals surface area contributed by atoms with Gasteiger partial charge in [-0.05, 0) is 61.9 Å². The zero-order chi connectivity index (χ0) is 19.1. The molecule has 0 amide bonds. The number of rotatable bonds is 7. The van der Waals surface area contributed by atoms with E-state index in [-0.39, 0.29) is 18.7 Å². The van der Waals surface area contributed by atoms with Gasteiger partial charge in [-0.15, -0.1) is 0 Å². The Morgan fingerprint density at radius 1 is 1.11 bits per heavy atom. The molecule has 6 heteroatoms. The van der Waals surface area contributed by atoms with Gasteiger partial charge >= 0.3 is 5.97 Å². The van der Waals surface area contributed by atoms with Crippen LogP contribution >= 0.6 is 0 Å². The number of anilines is 1. The molecule has 6 nitrogen and oxygen atoms in total. The predicted octanol–water partition coefficient (Wildman–Crippen LogP) is 4.01. The molecule has 138 valence electrons. The van der Waals surface area contributed by atoms with Crippen molar-refractivity contribution >= 4 is 28.9 Å². The SMILES string of the molecule is CC(C)OC(=O)COc1ccc(C=NNc2ccc3ccccc3n2)cc1. The highest BCUT2D eigenvalue weighted by Gasteiger charge is 2.06. The Morgan fingerprint density at radius 3 is 2.67 bits per heavy atom. The van der Waals surface area contributed by atoms with Gasteiger partial charge in [-0.3, -0.25) is 5.43 Å². The number of nitrogens with zero attached hydrogens (tertiary/aromatic N) is 2. The number of hydrogen-bond donors (Lipinski definition) is 1. The first-order valence-corrected chi connectivity index (χ1v) is 8.67. The van der Waals surface area contributed by atoms with E-state index in [9.17, 15) is 4.79 Å². The Balaban J connectivity index is 1.53. The summed E-state index contributed by atoms with van der Waals surface area (Å²) < 4.78 is 10.4. The second-order valence-electron chi connectivity index (χ2n) is 6.16. The molecule has 0 atom stereocenters. The van der Waals surface area contributed by atoms with Gasteiger partial charge in [0.15, 0.2) is 6.61 Å². The molecule has 1 N–H and O–H groups in total. The molecule has 2 aromatic carbocycles. The number of nitrogens with one attached hydrogen (secondary N) is 1. The zero-order valence-corrected chi connectivity index (χ0v) is 15.3. The molecule has 1 heterocycles. The molecule has 0 fully saturated rings. The van der Waals surface area contributed by atoms with E-state index in [1.807, 2.05) is 48.5 Å². The molecular formula is C21H21N3O3. The number of ether oxygens (including phenoxy) is 2. The lowest BCUT2D eigenvalue weighted by Crippen LogP contribution is -2.18. The molecule has 0 saturated carbocycles. The summed E-state index contributed by atoms with van der Waals surface area (Å²) in [6.45, 7) is 3.49. The highest BCUT2D eigenvalue weighted by molar-refractivity contribution is 5.82. The first-order valence-electron chi connectivity index (χ1n) is 8.67. The number of fused-ring (bicyclic) bond motifs is 1. The maximum Gasteiger partial charge on any atom is 0.344 e. The number of carbonyl (C=O) groups is 1. The fraction of sp³-hybridized carbons (Fsp3) is 0.190. The molecule has 3 rings (SSSR count). The maximum atomic E-state index is 11.5. The van der Waals surface area contributed by atoms with Gasteiger partial charge < -0.3 is 9.47 Å². The fourth-order valence-electron chi connectivity index (χ4n) is 2.39. The van der Waals surface area contributed by atoms with Crippen molar-refractivity contribution in [3.8, 4) is 5.75 Å². The van der Waals surface area contributed by atoms with Crippen LogP contribution in [0, 0.1) is 0 Å². The Bertz CT molecular complexity index is 937. The third-order valence-corrected chi connectivity index (χ3v) is 3.60. The summed E-state index contributed by atoms with van der Waals surface area (Å²) in [7, 11) is 0. The summed E-state index contributed by atoms with van der Waals surface area (Å²) in [6.07, 6.45) is 1.54. The lowest BCUT2D eigenvalue weighted by Gasteiger charge is -2.09. The molecule has 0 aliphatic rings. The van der Waals surface area contributed by atoms with Crippen LogP contribution in [0.3, 0.4) is 0 Å². The van der Waals surface area contributed by atoms with E-state index in [1.165, 1.54) is 0 Å². The summed E-state index contributed by atoms with van der Waals surface area (Å²) in [6, 6.07) is 19.0. The Morgan fingerprint density at radius 2 is 1.89 bits per heavy atom. The minimum absolute atomic E-state index is 0.110. The highest BCUT2D eigenvalue weighted by Crippen LogP contribution is 2.15. The number of pyridine rings is 1. The molecule has 0 radical (unpaired) electrons. The van der Waals surface area contributed by atoms with Gasteiger partial charge in [0.05, 0.1) is 17.8 Å². The van der Waals surface area contributed by atoms with E-state index in [0.717, 1.165) is 16.5 Å². The normalized spacial score (nSPS) is 11.1. The van der Waals surface area contributed by atoms with Crippen LogP contribution in [-0.2, 0) is 9.53 Å². The average Bonchev–Trinajstić information content (AvgIpc) is 2.67. The van der Waals surface area contributed by atoms with Crippen molar-refractivity contribution in [3.05, 3.63) is 66.2 Å². The van der Waals surface area contributed by atoms with Crippen LogP contribution in [0.1, 0.15) is 19.4 Å². The quantitative estimate of drug-likeness (QED) is 0.390. The molecule has 0 aliphatic heterocycles. The molecular weight excluding hydrogens is 342 g/mol. The highest BCUT2D eigenvalue weighted by atomic mass is 16.6. The van der Waals surface area contributed by atoms with Gasteiger partial charge in [0, 0.05) is 5.39 Å². The molecule has 0 aliphatic carbocycles. The first kappa shape index (κ1) is 18.4. The molecule has 0 bridgehead atoms. The van der Waals surface area contributed by atoms with Gasteiger partial charge in [-0.1, -0.05) is 18.2 Å². The van der Waals surface area contributed by atoms with E-state index in [2.05, 4.69) is 15.5 Å². The second kappa shape index (κ2) is 8.80. The van der Waals surface area contributed by atoms with Crippen LogP contribution in [-0.4, -0.2) is 29.9 Å². The minimum Gasteiger partial charge on any atom is -0.482 e. The van der Waals surface area contributed by atoms with Gasteiger partial charge in [0.2, 0.25) is 0 Å². The molecule has 0 saturated heterocycles. The van der Waals surface area contributed by atoms with Crippen molar-refractivity contribution in [1.82, 2.24) is 4.98 Å². The Hall–Kier alpha value is -3.41. The molecule has 27 heavy (non-hydrogen) atoms. The maximum absolute atomic E-state index is 11.5. The van der Waals surface area contributed by atoms with Crippen molar-refractivity contribution in [3.63, 3.8) is 0 Å². The van der Waals surface area contributed by atoms with E-state index in [0.29, 0.717) is 11.6 Å². The molecule has 1 aromatic heterocycles. The van der Waals surface area contributed by atoms with E-state index >= 15 is 0 Å². The number of esters is 1. The number of hydrogen-bond acceptors (Lipinski definition) is 6. The van der Waals surface area contributed by atoms with Crippen LogP contribution in [0.2, 0.25) is 0 Å². The van der Waals surface area contributed by atoms with Gasteiger partial charge in [0.25, 0.3) is 0 Å². The van der Waals surface area contributed by atoms with E-state index in [1.54, 1.807) is 32.2 Å². The topological polar surface area (TPSA) is 72.8 Å². The van der Waals surface area contributed by atoms with Crippen LogP contribution < -0.4 is 10.2 Å². The Kier molecular flexibility index (Phi) is 5.99. The summed E-state index contributed by atoms with van der Waals surface area (Å²) in [5, 5.41) is 5.29. The van der Waals surface area contributed by atoms with Crippen LogP contribution in [0.15, 0.2) is 65.8 Å². The van der Waals surface area contributed by atoms with Gasteiger partial charge in [-0.2, -0.15) is 5.10 Å². The lowest BCUT2D eigenvalue weighted by atomic mass is 10.2.